The first kappa shape index (κ1) is 16.1. The van der Waals surface area contributed by atoms with E-state index in [0.29, 0.717) is 28.9 Å². The van der Waals surface area contributed by atoms with E-state index >= 15 is 0 Å². The Morgan fingerprint density at radius 2 is 1.79 bits per heavy atom. The third-order valence-electron chi connectivity index (χ3n) is 3.55. The largest absolute Gasteiger partial charge is 0.393 e. The summed E-state index contributed by atoms with van der Waals surface area (Å²) in [6.45, 7) is 2.70. The minimum absolute atomic E-state index is 0.463. The molecule has 0 bridgehead atoms. The second-order valence-electron chi connectivity index (χ2n) is 5.46. The van der Waals surface area contributed by atoms with Gasteiger partial charge in [0.2, 0.25) is 0 Å². The van der Waals surface area contributed by atoms with Crippen molar-refractivity contribution in [1.29, 1.82) is 0 Å². The molecule has 2 aromatic carbocycles. The lowest BCUT2D eigenvalue weighted by molar-refractivity contribution is 1.08. The van der Waals surface area contributed by atoms with Gasteiger partial charge in [-0.2, -0.15) is 0 Å². The predicted octanol–water partition coefficient (Wildman–Crippen LogP) is 4.38. The summed E-state index contributed by atoms with van der Waals surface area (Å²) >= 11 is 5.99. The van der Waals surface area contributed by atoms with Crippen LogP contribution >= 0.6 is 11.6 Å². The standard InChI is InChI=1S/C18H18ClN5/c1-12-5-7-13(8-6-12)10-21-17-16(20)18(23-11-22-17)24-15-4-2-3-14(19)9-15/h2-9,11H,10,20H2,1H3,(H2,21,22,23,24). The lowest BCUT2D eigenvalue weighted by Crippen LogP contribution is -2.08. The van der Waals surface area contributed by atoms with Gasteiger partial charge >= 0.3 is 0 Å². The number of nitrogens with two attached hydrogens (primary N) is 1. The fourth-order valence-electron chi connectivity index (χ4n) is 2.23. The molecule has 3 rings (SSSR count). The molecule has 0 aliphatic heterocycles. The number of rotatable bonds is 5. The predicted molar refractivity (Wildman–Crippen MR) is 99.7 cm³/mol. The van der Waals surface area contributed by atoms with Gasteiger partial charge in [-0.25, -0.2) is 9.97 Å². The van der Waals surface area contributed by atoms with E-state index in [1.807, 2.05) is 24.3 Å². The summed E-state index contributed by atoms with van der Waals surface area (Å²) < 4.78 is 0. The number of benzene rings is 2. The van der Waals surface area contributed by atoms with E-state index in [9.17, 15) is 0 Å². The van der Waals surface area contributed by atoms with Crippen molar-refractivity contribution in [3.63, 3.8) is 0 Å². The first-order valence-corrected chi connectivity index (χ1v) is 7.92. The van der Waals surface area contributed by atoms with Crippen LogP contribution < -0.4 is 16.4 Å². The molecule has 122 valence electrons. The van der Waals surface area contributed by atoms with E-state index in [4.69, 9.17) is 17.3 Å². The molecule has 3 aromatic rings. The Labute approximate surface area is 145 Å². The lowest BCUT2D eigenvalue weighted by atomic mass is 10.1. The summed E-state index contributed by atoms with van der Waals surface area (Å²) in [5.41, 5.74) is 9.84. The normalized spacial score (nSPS) is 10.4. The monoisotopic (exact) mass is 339 g/mol. The van der Waals surface area contributed by atoms with Crippen LogP contribution in [0.3, 0.4) is 0 Å². The lowest BCUT2D eigenvalue weighted by Gasteiger charge is -2.13. The zero-order valence-electron chi connectivity index (χ0n) is 13.3. The molecule has 5 nitrogen and oxygen atoms in total. The molecule has 0 radical (unpaired) electrons. The molecular formula is C18H18ClN5. The van der Waals surface area contributed by atoms with Crippen LogP contribution in [0, 0.1) is 6.92 Å². The quantitative estimate of drug-likeness (QED) is 0.643. The van der Waals surface area contributed by atoms with Gasteiger partial charge in [0.1, 0.15) is 12.0 Å². The number of anilines is 4. The van der Waals surface area contributed by atoms with Gasteiger partial charge < -0.3 is 16.4 Å². The smallest absolute Gasteiger partial charge is 0.159 e. The molecular weight excluding hydrogens is 322 g/mol. The molecule has 0 saturated carbocycles. The van der Waals surface area contributed by atoms with Gasteiger partial charge in [0.05, 0.1) is 0 Å². The van der Waals surface area contributed by atoms with E-state index in [-0.39, 0.29) is 0 Å². The zero-order valence-corrected chi connectivity index (χ0v) is 14.0. The Bertz CT molecular complexity index is 833. The Morgan fingerprint density at radius 3 is 2.54 bits per heavy atom. The van der Waals surface area contributed by atoms with Crippen LogP contribution in [0.25, 0.3) is 0 Å². The third-order valence-corrected chi connectivity index (χ3v) is 3.79. The number of aryl methyl sites for hydroxylation is 1. The van der Waals surface area contributed by atoms with Gasteiger partial charge in [-0.3, -0.25) is 0 Å². The molecule has 0 aliphatic rings. The fraction of sp³-hybridized carbons (Fsp3) is 0.111. The number of nitrogens with zero attached hydrogens (tertiary/aromatic N) is 2. The highest BCUT2D eigenvalue weighted by Gasteiger charge is 2.08. The summed E-state index contributed by atoms with van der Waals surface area (Å²) in [6.07, 6.45) is 1.47. The topological polar surface area (TPSA) is 75.9 Å². The average Bonchev–Trinajstić information content (AvgIpc) is 2.57. The molecule has 4 N–H and O–H groups in total. The molecule has 0 spiro atoms. The van der Waals surface area contributed by atoms with Gasteiger partial charge in [-0.15, -0.1) is 0 Å². The third kappa shape index (κ3) is 3.94. The average molecular weight is 340 g/mol. The maximum atomic E-state index is 6.17. The van der Waals surface area contributed by atoms with Crippen LogP contribution in [0.4, 0.5) is 23.0 Å². The van der Waals surface area contributed by atoms with Crippen molar-refractivity contribution in [2.24, 2.45) is 0 Å². The summed E-state index contributed by atoms with van der Waals surface area (Å²) in [7, 11) is 0. The van der Waals surface area contributed by atoms with Crippen molar-refractivity contribution in [2.45, 2.75) is 13.5 Å². The van der Waals surface area contributed by atoms with Crippen molar-refractivity contribution < 1.29 is 0 Å². The first-order chi connectivity index (χ1) is 11.6. The van der Waals surface area contributed by atoms with Crippen LogP contribution in [0.5, 0.6) is 0 Å². The fourth-order valence-corrected chi connectivity index (χ4v) is 2.42. The highest BCUT2D eigenvalue weighted by molar-refractivity contribution is 6.30. The zero-order chi connectivity index (χ0) is 16.9. The number of nitrogens with one attached hydrogen (secondary N) is 2. The van der Waals surface area contributed by atoms with E-state index in [2.05, 4.69) is 51.8 Å². The maximum absolute atomic E-state index is 6.17. The minimum Gasteiger partial charge on any atom is -0.393 e. The highest BCUT2D eigenvalue weighted by Crippen LogP contribution is 2.27. The molecule has 24 heavy (non-hydrogen) atoms. The van der Waals surface area contributed by atoms with Gasteiger partial charge in [0, 0.05) is 17.3 Å². The summed E-state index contributed by atoms with van der Waals surface area (Å²) in [4.78, 5) is 8.42. The highest BCUT2D eigenvalue weighted by atomic mass is 35.5. The molecule has 0 amide bonds. The Morgan fingerprint density at radius 1 is 1.04 bits per heavy atom. The van der Waals surface area contributed by atoms with Gasteiger partial charge in [0.25, 0.3) is 0 Å². The van der Waals surface area contributed by atoms with Crippen LogP contribution in [0.1, 0.15) is 11.1 Å². The molecule has 1 heterocycles. The van der Waals surface area contributed by atoms with Crippen LogP contribution in [-0.4, -0.2) is 9.97 Å². The van der Waals surface area contributed by atoms with Crippen molar-refractivity contribution >= 4 is 34.6 Å². The second kappa shape index (κ2) is 7.19. The van der Waals surface area contributed by atoms with E-state index in [0.717, 1.165) is 11.3 Å². The summed E-state index contributed by atoms with van der Waals surface area (Å²) in [5.74, 6) is 1.13. The van der Waals surface area contributed by atoms with Crippen molar-refractivity contribution in [2.75, 3.05) is 16.4 Å². The van der Waals surface area contributed by atoms with E-state index in [1.54, 1.807) is 0 Å². The van der Waals surface area contributed by atoms with E-state index < -0.39 is 0 Å². The van der Waals surface area contributed by atoms with Gasteiger partial charge in [-0.05, 0) is 30.7 Å². The molecule has 0 saturated heterocycles. The molecule has 1 aromatic heterocycles. The number of hydrogen-bond acceptors (Lipinski definition) is 5. The number of nitrogen functional groups attached to an aromatic ring is 1. The number of hydrogen-bond donors (Lipinski definition) is 3. The van der Waals surface area contributed by atoms with Gasteiger partial charge in [0.15, 0.2) is 11.6 Å². The first-order valence-electron chi connectivity index (χ1n) is 7.54. The number of aromatic nitrogens is 2. The van der Waals surface area contributed by atoms with Crippen molar-refractivity contribution in [1.82, 2.24) is 9.97 Å². The van der Waals surface area contributed by atoms with Crippen LogP contribution in [0.2, 0.25) is 5.02 Å². The van der Waals surface area contributed by atoms with Crippen molar-refractivity contribution in [3.8, 4) is 0 Å². The number of halogens is 1. The molecule has 0 aliphatic carbocycles. The second-order valence-corrected chi connectivity index (χ2v) is 5.90. The summed E-state index contributed by atoms with van der Waals surface area (Å²) in [5, 5.41) is 7.05. The Hall–Kier alpha value is -2.79. The maximum Gasteiger partial charge on any atom is 0.159 e. The van der Waals surface area contributed by atoms with Gasteiger partial charge in [-0.1, -0.05) is 47.5 Å². The Balaban J connectivity index is 1.74. The van der Waals surface area contributed by atoms with E-state index in [1.165, 1.54) is 11.9 Å². The van der Waals surface area contributed by atoms with Crippen LogP contribution in [-0.2, 0) is 6.54 Å². The molecule has 0 atom stereocenters. The molecule has 0 unspecified atom stereocenters. The molecule has 6 heteroatoms. The van der Waals surface area contributed by atoms with Crippen LogP contribution in [0.15, 0.2) is 54.9 Å². The van der Waals surface area contributed by atoms with Crippen molar-refractivity contribution in [3.05, 3.63) is 71.0 Å². The molecule has 0 fully saturated rings. The minimum atomic E-state index is 0.463. The SMILES string of the molecule is Cc1ccc(CNc2ncnc(Nc3cccc(Cl)c3)c2N)cc1. The summed E-state index contributed by atoms with van der Waals surface area (Å²) in [6, 6.07) is 15.7. The Kier molecular flexibility index (Phi) is 4.82.